The minimum absolute atomic E-state index is 0.189. The van der Waals surface area contributed by atoms with E-state index in [2.05, 4.69) is 38.2 Å². The van der Waals surface area contributed by atoms with Crippen molar-refractivity contribution < 1.29 is 4.79 Å². The number of rotatable bonds is 1. The Morgan fingerprint density at radius 1 is 1.37 bits per heavy atom. The second kappa shape index (κ2) is 4.34. The molecule has 1 amide bonds. The van der Waals surface area contributed by atoms with Gasteiger partial charge in [-0.25, -0.2) is 0 Å². The fraction of sp³-hybridized carbons (Fsp3) is 0.562. The van der Waals surface area contributed by atoms with Crippen molar-refractivity contribution in [3.8, 4) is 0 Å². The first-order chi connectivity index (χ1) is 8.99. The maximum Gasteiger partial charge on any atom is 0.230 e. The van der Waals surface area contributed by atoms with Crippen molar-refractivity contribution in [3.63, 3.8) is 0 Å². The van der Waals surface area contributed by atoms with Crippen LogP contribution < -0.4 is 10.2 Å². The van der Waals surface area contributed by atoms with E-state index in [0.717, 1.165) is 25.2 Å². The van der Waals surface area contributed by atoms with Crippen LogP contribution in [0.3, 0.4) is 0 Å². The Bertz CT molecular complexity index is 509. The Morgan fingerprint density at radius 2 is 2.05 bits per heavy atom. The Kier molecular flexibility index (Phi) is 2.90. The van der Waals surface area contributed by atoms with Gasteiger partial charge in [-0.05, 0) is 30.4 Å². The third-order valence-electron chi connectivity index (χ3n) is 4.46. The van der Waals surface area contributed by atoms with Gasteiger partial charge < -0.3 is 10.2 Å². The van der Waals surface area contributed by atoms with Crippen molar-refractivity contribution in [2.24, 2.45) is 11.3 Å². The number of fused-ring (bicyclic) bond motifs is 1. The van der Waals surface area contributed by atoms with Gasteiger partial charge in [-0.15, -0.1) is 0 Å². The highest BCUT2D eigenvalue weighted by Gasteiger charge is 2.52. The molecule has 0 radical (unpaired) electrons. The Balaban J connectivity index is 1.93. The van der Waals surface area contributed by atoms with Crippen molar-refractivity contribution in [2.45, 2.75) is 39.8 Å². The van der Waals surface area contributed by atoms with E-state index < -0.39 is 0 Å². The normalized spacial score (nSPS) is 28.5. The molecule has 19 heavy (non-hydrogen) atoms. The van der Waals surface area contributed by atoms with E-state index in [1.165, 1.54) is 5.56 Å². The van der Waals surface area contributed by atoms with Gasteiger partial charge in [0.15, 0.2) is 0 Å². The van der Waals surface area contributed by atoms with E-state index in [-0.39, 0.29) is 11.3 Å². The highest BCUT2D eigenvalue weighted by atomic mass is 16.2. The Labute approximate surface area is 115 Å². The summed E-state index contributed by atoms with van der Waals surface area (Å²) in [6.07, 6.45) is 1.02. The molecule has 0 saturated heterocycles. The number of carbonyl (C=O) groups excluding carboxylic acids is 1. The van der Waals surface area contributed by atoms with Gasteiger partial charge in [0, 0.05) is 30.7 Å². The van der Waals surface area contributed by atoms with Crippen LogP contribution >= 0.6 is 0 Å². The van der Waals surface area contributed by atoms with Crippen molar-refractivity contribution in [2.75, 3.05) is 11.4 Å². The van der Waals surface area contributed by atoms with Gasteiger partial charge in [0.1, 0.15) is 0 Å². The summed E-state index contributed by atoms with van der Waals surface area (Å²) < 4.78 is 0. The molecule has 2 unspecified atom stereocenters. The van der Waals surface area contributed by atoms with Crippen molar-refractivity contribution in [1.29, 1.82) is 0 Å². The van der Waals surface area contributed by atoms with Crippen LogP contribution in [-0.2, 0) is 11.3 Å². The number of anilines is 1. The molecule has 1 aliphatic carbocycles. The highest BCUT2D eigenvalue weighted by molar-refractivity contribution is 5.98. The van der Waals surface area contributed by atoms with E-state index in [1.807, 2.05) is 17.0 Å². The standard InChI is InChI=1S/C16H22N2O/c1-11-10-18(15(19)13-8-16(13,2)3)14-7-5-4-6-12(14)9-17-11/h4-7,11,13,17H,8-10H2,1-3H3. The average Bonchev–Trinajstić information content (AvgIpc) is 3.05. The highest BCUT2D eigenvalue weighted by Crippen LogP contribution is 2.53. The molecule has 3 nitrogen and oxygen atoms in total. The van der Waals surface area contributed by atoms with Gasteiger partial charge in [-0.3, -0.25) is 4.79 Å². The van der Waals surface area contributed by atoms with Gasteiger partial charge in [-0.2, -0.15) is 0 Å². The molecule has 0 bridgehead atoms. The SMILES string of the molecule is CC1CN(C(=O)C2CC2(C)C)c2ccccc2CN1. The summed E-state index contributed by atoms with van der Waals surface area (Å²) in [7, 11) is 0. The molecule has 2 aliphatic rings. The lowest BCUT2D eigenvalue weighted by atomic mass is 10.1. The Morgan fingerprint density at radius 3 is 2.74 bits per heavy atom. The van der Waals surface area contributed by atoms with Crippen molar-refractivity contribution in [3.05, 3.63) is 29.8 Å². The lowest BCUT2D eigenvalue weighted by molar-refractivity contribution is -0.120. The van der Waals surface area contributed by atoms with Crippen LogP contribution in [0.5, 0.6) is 0 Å². The van der Waals surface area contributed by atoms with E-state index in [4.69, 9.17) is 0 Å². The zero-order valence-corrected chi connectivity index (χ0v) is 11.9. The maximum absolute atomic E-state index is 12.7. The summed E-state index contributed by atoms with van der Waals surface area (Å²) in [6.45, 7) is 8.11. The average molecular weight is 258 g/mol. The number of nitrogens with zero attached hydrogens (tertiary/aromatic N) is 1. The van der Waals surface area contributed by atoms with E-state index in [0.29, 0.717) is 11.9 Å². The summed E-state index contributed by atoms with van der Waals surface area (Å²) in [5, 5.41) is 3.47. The summed E-state index contributed by atoms with van der Waals surface area (Å²) in [5.41, 5.74) is 2.50. The van der Waals surface area contributed by atoms with E-state index in [9.17, 15) is 4.79 Å². The zero-order valence-electron chi connectivity index (χ0n) is 11.9. The molecule has 1 heterocycles. The molecule has 3 rings (SSSR count). The first kappa shape index (κ1) is 12.7. The number of hydrogen-bond acceptors (Lipinski definition) is 2. The van der Waals surface area contributed by atoms with Crippen molar-refractivity contribution >= 4 is 11.6 Å². The molecule has 1 fully saturated rings. The first-order valence-corrected chi connectivity index (χ1v) is 7.12. The predicted octanol–water partition coefficient (Wildman–Crippen LogP) is 2.56. The molecule has 0 spiro atoms. The minimum atomic E-state index is 0.189. The van der Waals surface area contributed by atoms with Crippen LogP contribution in [0.15, 0.2) is 24.3 Å². The van der Waals surface area contributed by atoms with Crippen molar-refractivity contribution in [1.82, 2.24) is 5.32 Å². The van der Waals surface area contributed by atoms with E-state index >= 15 is 0 Å². The third kappa shape index (κ3) is 2.27. The molecule has 1 N–H and O–H groups in total. The number of amides is 1. The second-order valence-corrected chi connectivity index (χ2v) is 6.60. The topological polar surface area (TPSA) is 32.3 Å². The van der Waals surface area contributed by atoms with Gasteiger partial charge in [0.25, 0.3) is 0 Å². The largest absolute Gasteiger partial charge is 0.310 e. The van der Waals surface area contributed by atoms with Gasteiger partial charge in [0.05, 0.1) is 0 Å². The Hall–Kier alpha value is -1.35. The lowest BCUT2D eigenvalue weighted by Crippen LogP contribution is -2.41. The number of carbonyl (C=O) groups is 1. The number of nitrogens with one attached hydrogen (secondary N) is 1. The second-order valence-electron chi connectivity index (χ2n) is 6.60. The molecule has 2 atom stereocenters. The molecule has 102 valence electrons. The molecule has 1 aromatic rings. The predicted molar refractivity (Wildman–Crippen MR) is 77.0 cm³/mol. The summed E-state index contributed by atoms with van der Waals surface area (Å²) >= 11 is 0. The molecular formula is C16H22N2O. The molecule has 1 saturated carbocycles. The first-order valence-electron chi connectivity index (χ1n) is 7.12. The van der Waals surface area contributed by atoms with Crippen LogP contribution in [0.4, 0.5) is 5.69 Å². The van der Waals surface area contributed by atoms with Gasteiger partial charge >= 0.3 is 0 Å². The van der Waals surface area contributed by atoms with Crippen LogP contribution in [0.2, 0.25) is 0 Å². The molecular weight excluding hydrogens is 236 g/mol. The van der Waals surface area contributed by atoms with Crippen LogP contribution in [-0.4, -0.2) is 18.5 Å². The molecule has 0 aromatic heterocycles. The van der Waals surface area contributed by atoms with Crippen LogP contribution in [0.25, 0.3) is 0 Å². The fourth-order valence-corrected chi connectivity index (χ4v) is 2.93. The summed E-state index contributed by atoms with van der Waals surface area (Å²) in [5.74, 6) is 0.499. The summed E-state index contributed by atoms with van der Waals surface area (Å²) in [4.78, 5) is 14.7. The van der Waals surface area contributed by atoms with Gasteiger partial charge in [0.2, 0.25) is 5.91 Å². The monoisotopic (exact) mass is 258 g/mol. The number of hydrogen-bond donors (Lipinski definition) is 1. The molecule has 3 heteroatoms. The quantitative estimate of drug-likeness (QED) is 0.839. The number of para-hydroxylation sites is 1. The van der Waals surface area contributed by atoms with E-state index in [1.54, 1.807) is 0 Å². The van der Waals surface area contributed by atoms with Crippen LogP contribution in [0.1, 0.15) is 32.8 Å². The lowest BCUT2D eigenvalue weighted by Gasteiger charge is -2.25. The smallest absolute Gasteiger partial charge is 0.230 e. The maximum atomic E-state index is 12.7. The third-order valence-corrected chi connectivity index (χ3v) is 4.46. The van der Waals surface area contributed by atoms with Gasteiger partial charge in [-0.1, -0.05) is 32.0 Å². The molecule has 1 aliphatic heterocycles. The number of benzene rings is 1. The van der Waals surface area contributed by atoms with Crippen LogP contribution in [0, 0.1) is 11.3 Å². The minimum Gasteiger partial charge on any atom is -0.310 e. The zero-order chi connectivity index (χ0) is 13.6. The molecule has 1 aromatic carbocycles. The summed E-state index contributed by atoms with van der Waals surface area (Å²) in [6, 6.07) is 8.58. The fourth-order valence-electron chi connectivity index (χ4n) is 2.93.